The van der Waals surface area contributed by atoms with Gasteiger partial charge in [-0.25, -0.2) is 4.39 Å². The van der Waals surface area contributed by atoms with Gasteiger partial charge in [-0.1, -0.05) is 38.0 Å². The molecular weight excluding hydrogens is 465 g/mol. The van der Waals surface area contributed by atoms with Crippen molar-refractivity contribution in [2.24, 2.45) is 17.8 Å². The number of hydrogen-bond acceptors (Lipinski definition) is 6. The van der Waals surface area contributed by atoms with Gasteiger partial charge in [0.2, 0.25) is 11.8 Å². The first-order valence-electron chi connectivity index (χ1n) is 12.8. The SMILES string of the molecule is CCC/C(=C\c1ccc(O)c(F)c1)CC[C@@H](O)C1=C(COC)C[C@H]2C(=O)N(CCC)C(=O)[C@H]2[C@H]1CO. The average molecular weight is 504 g/mol. The maximum Gasteiger partial charge on any atom is 0.233 e. The van der Waals surface area contributed by atoms with Gasteiger partial charge in [0.05, 0.1) is 31.2 Å². The predicted molar refractivity (Wildman–Crippen MR) is 134 cm³/mol. The number of ether oxygens (including phenoxy) is 1. The lowest BCUT2D eigenvalue weighted by Crippen LogP contribution is -2.39. The van der Waals surface area contributed by atoms with Crippen molar-refractivity contribution < 1.29 is 34.0 Å². The second kappa shape index (κ2) is 12.6. The second-order valence-electron chi connectivity index (χ2n) is 9.76. The minimum absolute atomic E-state index is 0.207. The zero-order valence-electron chi connectivity index (χ0n) is 21.4. The molecule has 2 aliphatic rings. The number of phenols is 1. The molecule has 3 N–H and O–H groups in total. The van der Waals surface area contributed by atoms with Crippen LogP contribution in [0.15, 0.2) is 34.9 Å². The van der Waals surface area contributed by atoms with Gasteiger partial charge in [0.15, 0.2) is 11.6 Å². The lowest BCUT2D eigenvalue weighted by atomic mass is 9.68. The summed E-state index contributed by atoms with van der Waals surface area (Å²) in [5, 5.41) is 31.1. The van der Waals surface area contributed by atoms with Crippen LogP contribution in [0.25, 0.3) is 6.08 Å². The predicted octanol–water partition coefficient (Wildman–Crippen LogP) is 3.82. The Balaban J connectivity index is 1.86. The van der Waals surface area contributed by atoms with E-state index in [4.69, 9.17) is 4.74 Å². The number of amides is 2. The number of imide groups is 1. The minimum Gasteiger partial charge on any atom is -0.505 e. The molecule has 1 aliphatic carbocycles. The summed E-state index contributed by atoms with van der Waals surface area (Å²) in [4.78, 5) is 27.4. The molecule has 1 heterocycles. The Hall–Kier alpha value is -2.55. The van der Waals surface area contributed by atoms with E-state index in [0.29, 0.717) is 43.4 Å². The van der Waals surface area contributed by atoms with Crippen LogP contribution in [0, 0.1) is 23.6 Å². The molecule has 36 heavy (non-hydrogen) atoms. The fraction of sp³-hybridized carbons (Fsp3) is 0.571. The van der Waals surface area contributed by atoms with E-state index in [1.54, 1.807) is 13.2 Å². The quantitative estimate of drug-likeness (QED) is 0.296. The van der Waals surface area contributed by atoms with Crippen LogP contribution in [0.2, 0.25) is 0 Å². The van der Waals surface area contributed by atoms with Gasteiger partial charge in [0.1, 0.15) is 0 Å². The van der Waals surface area contributed by atoms with E-state index in [2.05, 4.69) is 0 Å². The van der Waals surface area contributed by atoms with Crippen LogP contribution in [0.4, 0.5) is 4.39 Å². The van der Waals surface area contributed by atoms with Crippen LogP contribution in [0.1, 0.15) is 57.9 Å². The van der Waals surface area contributed by atoms with Crippen molar-refractivity contribution in [1.29, 1.82) is 0 Å². The van der Waals surface area contributed by atoms with Gasteiger partial charge in [0, 0.05) is 19.6 Å². The molecule has 2 amide bonds. The van der Waals surface area contributed by atoms with Crippen molar-refractivity contribution in [3.63, 3.8) is 0 Å². The third-order valence-corrected chi connectivity index (χ3v) is 7.25. The smallest absolute Gasteiger partial charge is 0.233 e. The first kappa shape index (κ1) is 28.0. The third-order valence-electron chi connectivity index (χ3n) is 7.25. The Morgan fingerprint density at radius 3 is 2.58 bits per heavy atom. The monoisotopic (exact) mass is 503 g/mol. The summed E-state index contributed by atoms with van der Waals surface area (Å²) in [5.41, 5.74) is 3.02. The summed E-state index contributed by atoms with van der Waals surface area (Å²) in [7, 11) is 1.54. The van der Waals surface area contributed by atoms with Crippen molar-refractivity contribution in [3.05, 3.63) is 46.3 Å². The normalized spacial score (nSPS) is 23.4. The molecule has 0 unspecified atom stereocenters. The molecule has 198 valence electrons. The van der Waals surface area contributed by atoms with Crippen molar-refractivity contribution >= 4 is 17.9 Å². The minimum atomic E-state index is -0.923. The molecular formula is C28H38FNO6. The topological polar surface area (TPSA) is 107 Å². The summed E-state index contributed by atoms with van der Waals surface area (Å²) < 4.78 is 19.2. The van der Waals surface area contributed by atoms with Crippen molar-refractivity contribution in [1.82, 2.24) is 4.90 Å². The molecule has 8 heteroatoms. The number of benzene rings is 1. The van der Waals surface area contributed by atoms with Crippen LogP contribution < -0.4 is 0 Å². The molecule has 0 aromatic heterocycles. The Kier molecular flexibility index (Phi) is 9.82. The average Bonchev–Trinajstić information content (AvgIpc) is 3.09. The summed E-state index contributed by atoms with van der Waals surface area (Å²) in [6, 6.07) is 4.22. The van der Waals surface area contributed by atoms with Gasteiger partial charge in [0.25, 0.3) is 0 Å². The van der Waals surface area contributed by atoms with Crippen LogP contribution in [0.3, 0.4) is 0 Å². The number of aliphatic hydroxyl groups is 2. The lowest BCUT2D eigenvalue weighted by Gasteiger charge is -2.36. The molecule has 0 bridgehead atoms. The van der Waals surface area contributed by atoms with E-state index in [9.17, 15) is 29.3 Å². The summed E-state index contributed by atoms with van der Waals surface area (Å²) in [6.45, 7) is 4.16. The molecule has 0 saturated carbocycles. The number of phenolic OH excluding ortho intramolecular Hbond substituents is 1. The number of methoxy groups -OCH3 is 1. The Morgan fingerprint density at radius 1 is 1.22 bits per heavy atom. The summed E-state index contributed by atoms with van der Waals surface area (Å²) in [5.74, 6) is -3.43. The Bertz CT molecular complexity index is 1020. The fourth-order valence-corrected chi connectivity index (χ4v) is 5.69. The number of aromatic hydroxyl groups is 1. The highest BCUT2D eigenvalue weighted by atomic mass is 19.1. The van der Waals surface area contributed by atoms with Gasteiger partial charge in [-0.3, -0.25) is 14.5 Å². The molecule has 1 aromatic rings. The maximum atomic E-state index is 13.8. The number of carbonyl (C=O) groups is 2. The van der Waals surface area contributed by atoms with Gasteiger partial charge in [-0.15, -0.1) is 0 Å². The summed E-state index contributed by atoms with van der Waals surface area (Å²) >= 11 is 0. The van der Waals surface area contributed by atoms with E-state index >= 15 is 0 Å². The van der Waals surface area contributed by atoms with Gasteiger partial charge >= 0.3 is 0 Å². The number of carbonyl (C=O) groups excluding carboxylic acids is 2. The number of allylic oxidation sites excluding steroid dienone is 1. The van der Waals surface area contributed by atoms with Crippen LogP contribution in [0.5, 0.6) is 5.75 Å². The number of aliphatic hydroxyl groups excluding tert-OH is 2. The highest BCUT2D eigenvalue weighted by Gasteiger charge is 2.54. The van der Waals surface area contributed by atoms with Crippen molar-refractivity contribution in [3.8, 4) is 5.75 Å². The molecule has 7 nitrogen and oxygen atoms in total. The fourth-order valence-electron chi connectivity index (χ4n) is 5.69. The second-order valence-corrected chi connectivity index (χ2v) is 9.76. The molecule has 1 aromatic carbocycles. The van der Waals surface area contributed by atoms with E-state index in [1.165, 1.54) is 17.0 Å². The maximum absolute atomic E-state index is 13.8. The Morgan fingerprint density at radius 2 is 1.97 bits per heavy atom. The van der Waals surface area contributed by atoms with Gasteiger partial charge in [-0.2, -0.15) is 0 Å². The molecule has 4 atom stereocenters. The number of hydrogen-bond donors (Lipinski definition) is 3. The number of likely N-dealkylation sites (tertiary alicyclic amines) is 1. The number of halogens is 1. The molecule has 0 radical (unpaired) electrons. The van der Waals surface area contributed by atoms with Crippen molar-refractivity contribution in [2.75, 3.05) is 26.9 Å². The van der Waals surface area contributed by atoms with E-state index in [1.807, 2.05) is 19.9 Å². The van der Waals surface area contributed by atoms with E-state index in [0.717, 1.165) is 24.0 Å². The molecule has 0 spiro atoms. The first-order valence-corrected chi connectivity index (χ1v) is 12.8. The summed E-state index contributed by atoms with van der Waals surface area (Å²) in [6.07, 6.45) is 4.44. The number of rotatable bonds is 12. The van der Waals surface area contributed by atoms with Gasteiger partial charge in [-0.05, 0) is 60.9 Å². The molecule has 1 fully saturated rings. The van der Waals surface area contributed by atoms with Crippen LogP contribution >= 0.6 is 0 Å². The molecule has 3 rings (SSSR count). The lowest BCUT2D eigenvalue weighted by molar-refractivity contribution is -0.140. The number of nitrogens with zero attached hydrogens (tertiary/aromatic N) is 1. The largest absolute Gasteiger partial charge is 0.505 e. The third kappa shape index (κ3) is 5.88. The first-order chi connectivity index (χ1) is 17.3. The van der Waals surface area contributed by atoms with Crippen LogP contribution in [-0.4, -0.2) is 65.0 Å². The number of fused-ring (bicyclic) bond motifs is 1. The molecule has 1 aliphatic heterocycles. The molecule has 1 saturated heterocycles. The zero-order chi connectivity index (χ0) is 26.4. The Labute approximate surface area is 212 Å². The van der Waals surface area contributed by atoms with Gasteiger partial charge < -0.3 is 20.1 Å². The standard InChI is InChI=1S/C28H38FNO6/c1-4-6-17(12-18-8-9-23(32)22(29)13-18)7-10-24(33)25-19(16-36-3)14-20-26(21(25)15-31)28(35)30(11-5-2)27(20)34/h8-9,12-13,20-21,24,26,31-33H,4-7,10-11,14-16H2,1-3H3/b17-12+/t20-,21+,24-,26-/m1/s1. The zero-order valence-corrected chi connectivity index (χ0v) is 21.4. The highest BCUT2D eigenvalue weighted by Crippen LogP contribution is 2.46. The highest BCUT2D eigenvalue weighted by molar-refractivity contribution is 6.05. The van der Waals surface area contributed by atoms with E-state index in [-0.39, 0.29) is 25.0 Å². The van der Waals surface area contributed by atoms with Crippen molar-refractivity contribution in [2.45, 2.75) is 58.5 Å². The van der Waals surface area contributed by atoms with E-state index < -0.39 is 35.4 Å². The van der Waals surface area contributed by atoms with Crippen LogP contribution in [-0.2, 0) is 14.3 Å².